The lowest BCUT2D eigenvalue weighted by atomic mass is 9.97. The van der Waals surface area contributed by atoms with E-state index in [1.165, 1.54) is 14.2 Å². The molecule has 144 valence electrons. The van der Waals surface area contributed by atoms with E-state index in [2.05, 4.69) is 26.1 Å². The van der Waals surface area contributed by atoms with Gasteiger partial charge in [0.05, 0.1) is 14.2 Å². The lowest BCUT2D eigenvalue weighted by molar-refractivity contribution is 0.0657. The quantitative estimate of drug-likeness (QED) is 0.890. The van der Waals surface area contributed by atoms with Crippen molar-refractivity contribution in [3.63, 3.8) is 0 Å². The van der Waals surface area contributed by atoms with E-state index in [1.54, 1.807) is 28.0 Å². The number of nitrogens with one attached hydrogen (secondary N) is 1. The van der Waals surface area contributed by atoms with Crippen LogP contribution >= 0.6 is 0 Å². The zero-order chi connectivity index (χ0) is 19.3. The van der Waals surface area contributed by atoms with Gasteiger partial charge in [-0.2, -0.15) is 0 Å². The van der Waals surface area contributed by atoms with Gasteiger partial charge in [-0.1, -0.05) is 26.8 Å². The van der Waals surface area contributed by atoms with Crippen LogP contribution in [-0.2, 0) is 0 Å². The topological polar surface area (TPSA) is 71.1 Å². The number of ether oxygens (including phenoxy) is 2. The van der Waals surface area contributed by atoms with Crippen molar-refractivity contribution in [3.8, 4) is 11.5 Å². The van der Waals surface area contributed by atoms with Crippen molar-refractivity contribution in [1.82, 2.24) is 15.1 Å². The number of carbonyl (C=O) groups is 2. The Hall–Kier alpha value is -2.44. The highest BCUT2D eigenvalue weighted by Crippen LogP contribution is 2.29. The summed E-state index contributed by atoms with van der Waals surface area (Å²) in [4.78, 5) is 28.7. The predicted molar refractivity (Wildman–Crippen MR) is 99.9 cm³/mol. The number of hydrogen-bond donors (Lipinski definition) is 1. The van der Waals surface area contributed by atoms with Crippen molar-refractivity contribution in [2.24, 2.45) is 5.41 Å². The lowest BCUT2D eigenvalue weighted by Gasteiger charge is -2.35. The van der Waals surface area contributed by atoms with Gasteiger partial charge in [-0.15, -0.1) is 0 Å². The number of methoxy groups -OCH3 is 2. The Labute approximate surface area is 155 Å². The molecule has 1 saturated heterocycles. The fraction of sp³-hybridized carbons (Fsp3) is 0.579. The van der Waals surface area contributed by atoms with Crippen molar-refractivity contribution in [3.05, 3.63) is 23.8 Å². The van der Waals surface area contributed by atoms with E-state index in [9.17, 15) is 9.59 Å². The van der Waals surface area contributed by atoms with Gasteiger partial charge >= 0.3 is 6.03 Å². The van der Waals surface area contributed by atoms with Gasteiger partial charge in [0.2, 0.25) is 0 Å². The Morgan fingerprint density at radius 1 is 1.00 bits per heavy atom. The third kappa shape index (κ3) is 4.80. The first-order valence-electron chi connectivity index (χ1n) is 8.80. The van der Waals surface area contributed by atoms with Gasteiger partial charge in [-0.05, 0) is 17.5 Å². The van der Waals surface area contributed by atoms with Gasteiger partial charge in [0, 0.05) is 32.7 Å². The monoisotopic (exact) mass is 363 g/mol. The maximum Gasteiger partial charge on any atom is 0.317 e. The number of rotatable bonds is 4. The number of piperazine rings is 1. The second-order valence-electron chi connectivity index (χ2n) is 7.54. The van der Waals surface area contributed by atoms with Crippen LogP contribution in [0.2, 0.25) is 0 Å². The van der Waals surface area contributed by atoms with Crippen molar-refractivity contribution in [2.75, 3.05) is 46.9 Å². The van der Waals surface area contributed by atoms with Gasteiger partial charge in [-0.3, -0.25) is 4.79 Å². The Morgan fingerprint density at radius 2 is 1.50 bits per heavy atom. The van der Waals surface area contributed by atoms with E-state index in [4.69, 9.17) is 9.47 Å². The SMILES string of the molecule is COc1cccc(OC)c1C(=O)N1CCN(C(=O)NCC(C)(C)C)CC1. The molecular weight excluding hydrogens is 334 g/mol. The fourth-order valence-corrected chi connectivity index (χ4v) is 2.79. The average molecular weight is 363 g/mol. The second-order valence-corrected chi connectivity index (χ2v) is 7.54. The number of hydrogen-bond acceptors (Lipinski definition) is 4. The highest BCUT2D eigenvalue weighted by Gasteiger charge is 2.28. The van der Waals surface area contributed by atoms with Gasteiger partial charge in [-0.25, -0.2) is 4.79 Å². The maximum absolute atomic E-state index is 12.9. The highest BCUT2D eigenvalue weighted by molar-refractivity contribution is 5.99. The molecule has 0 aromatic heterocycles. The van der Waals surface area contributed by atoms with Gasteiger partial charge in [0.1, 0.15) is 17.1 Å². The van der Waals surface area contributed by atoms with Crippen LogP contribution < -0.4 is 14.8 Å². The third-order valence-electron chi connectivity index (χ3n) is 4.27. The molecule has 1 fully saturated rings. The van der Waals surface area contributed by atoms with Crippen molar-refractivity contribution in [1.29, 1.82) is 0 Å². The molecule has 1 aromatic rings. The molecule has 0 radical (unpaired) electrons. The van der Waals surface area contributed by atoms with Crippen LogP contribution in [0.1, 0.15) is 31.1 Å². The molecule has 0 saturated carbocycles. The van der Waals surface area contributed by atoms with Crippen molar-refractivity contribution >= 4 is 11.9 Å². The number of carbonyl (C=O) groups excluding carboxylic acids is 2. The first-order valence-corrected chi connectivity index (χ1v) is 8.80. The molecule has 1 N–H and O–H groups in total. The number of nitrogens with zero attached hydrogens (tertiary/aromatic N) is 2. The Morgan fingerprint density at radius 3 is 1.96 bits per heavy atom. The smallest absolute Gasteiger partial charge is 0.317 e. The molecule has 26 heavy (non-hydrogen) atoms. The fourth-order valence-electron chi connectivity index (χ4n) is 2.79. The van der Waals surface area contributed by atoms with Crippen LogP contribution in [0.5, 0.6) is 11.5 Å². The largest absolute Gasteiger partial charge is 0.496 e. The molecule has 2 rings (SSSR count). The third-order valence-corrected chi connectivity index (χ3v) is 4.27. The lowest BCUT2D eigenvalue weighted by Crippen LogP contribution is -2.53. The second kappa shape index (κ2) is 8.29. The minimum Gasteiger partial charge on any atom is -0.496 e. The summed E-state index contributed by atoms with van der Waals surface area (Å²) in [7, 11) is 3.06. The summed E-state index contributed by atoms with van der Waals surface area (Å²) in [6.07, 6.45) is 0. The van der Waals surface area contributed by atoms with Crippen LogP contribution in [0.3, 0.4) is 0 Å². The predicted octanol–water partition coefficient (Wildman–Crippen LogP) is 2.22. The molecule has 0 spiro atoms. The van der Waals surface area contributed by atoms with Gasteiger partial charge in [0.25, 0.3) is 5.91 Å². The molecule has 1 aromatic carbocycles. The minimum atomic E-state index is -0.144. The zero-order valence-corrected chi connectivity index (χ0v) is 16.3. The van der Waals surface area contributed by atoms with Crippen molar-refractivity contribution in [2.45, 2.75) is 20.8 Å². The molecule has 1 aliphatic heterocycles. The van der Waals surface area contributed by atoms with E-state index in [-0.39, 0.29) is 17.4 Å². The van der Waals surface area contributed by atoms with E-state index >= 15 is 0 Å². The molecule has 0 aliphatic carbocycles. The molecule has 3 amide bonds. The summed E-state index contributed by atoms with van der Waals surface area (Å²) in [6.45, 7) is 8.78. The average Bonchev–Trinajstić information content (AvgIpc) is 2.64. The van der Waals surface area contributed by atoms with Crippen LogP contribution in [-0.4, -0.2) is 68.7 Å². The molecule has 0 bridgehead atoms. The molecule has 7 nitrogen and oxygen atoms in total. The first-order chi connectivity index (χ1) is 12.3. The van der Waals surface area contributed by atoms with Crippen LogP contribution in [0, 0.1) is 5.41 Å². The zero-order valence-electron chi connectivity index (χ0n) is 16.3. The highest BCUT2D eigenvalue weighted by atomic mass is 16.5. The molecule has 0 atom stereocenters. The standard InChI is InChI=1S/C19H29N3O4/c1-19(2,3)13-20-18(24)22-11-9-21(10-12-22)17(23)16-14(25-4)7-6-8-15(16)26-5/h6-8H,9-13H2,1-5H3,(H,20,24). The van der Waals surface area contributed by atoms with Crippen molar-refractivity contribution < 1.29 is 19.1 Å². The summed E-state index contributed by atoms with van der Waals surface area (Å²) >= 11 is 0. The van der Waals surface area contributed by atoms with E-state index in [0.717, 1.165) is 0 Å². The Bertz CT molecular complexity index is 624. The molecule has 0 unspecified atom stereocenters. The number of benzene rings is 1. The summed E-state index contributed by atoms with van der Waals surface area (Å²) in [6, 6.07) is 5.19. The molecule has 1 aliphatic rings. The summed E-state index contributed by atoms with van der Waals surface area (Å²) in [5, 5.41) is 2.95. The first kappa shape index (κ1) is 19.9. The summed E-state index contributed by atoms with van der Waals surface area (Å²) in [5.74, 6) is 0.827. The minimum absolute atomic E-state index is 0.0356. The normalized spacial score (nSPS) is 14.8. The molecule has 7 heteroatoms. The number of urea groups is 1. The number of amides is 3. The van der Waals surface area contributed by atoms with Crippen LogP contribution in [0.15, 0.2) is 18.2 Å². The van der Waals surface area contributed by atoms with E-state index in [0.29, 0.717) is 49.8 Å². The summed E-state index contributed by atoms with van der Waals surface area (Å²) < 4.78 is 10.6. The van der Waals surface area contributed by atoms with Crippen LogP contribution in [0.25, 0.3) is 0 Å². The molecular formula is C19H29N3O4. The van der Waals surface area contributed by atoms with E-state index in [1.807, 2.05) is 0 Å². The summed E-state index contributed by atoms with van der Waals surface area (Å²) in [5.41, 5.74) is 0.455. The van der Waals surface area contributed by atoms with Gasteiger partial charge in [0.15, 0.2) is 0 Å². The van der Waals surface area contributed by atoms with Gasteiger partial charge < -0.3 is 24.6 Å². The molecule has 1 heterocycles. The maximum atomic E-state index is 12.9. The Balaban J connectivity index is 2.00. The Kier molecular flexibility index (Phi) is 6.34. The van der Waals surface area contributed by atoms with Crippen LogP contribution in [0.4, 0.5) is 4.79 Å². The van der Waals surface area contributed by atoms with E-state index < -0.39 is 0 Å².